The van der Waals surface area contributed by atoms with Gasteiger partial charge in [0.2, 0.25) is 5.91 Å². The molecule has 2 aromatic rings. The molecular formula is C25H35N5O4Si. The van der Waals surface area contributed by atoms with Crippen molar-refractivity contribution in [2.24, 2.45) is 0 Å². The summed E-state index contributed by atoms with van der Waals surface area (Å²) in [4.78, 5) is 40.9. The van der Waals surface area contributed by atoms with Gasteiger partial charge in [0.05, 0.1) is 33.0 Å². The van der Waals surface area contributed by atoms with Gasteiger partial charge >= 0.3 is 12.0 Å². The summed E-state index contributed by atoms with van der Waals surface area (Å²) in [6.07, 6.45) is 2.89. The molecule has 3 N–H and O–H groups in total. The lowest BCUT2D eigenvalue weighted by atomic mass is 9.83. The number of H-pyrrole nitrogens is 1. The third-order valence-electron chi connectivity index (χ3n) is 7.86. The first-order chi connectivity index (χ1) is 16.4. The fourth-order valence-electron chi connectivity index (χ4n) is 5.26. The zero-order valence-corrected chi connectivity index (χ0v) is 22.3. The lowest BCUT2D eigenvalue weighted by Crippen LogP contribution is -2.52. The fourth-order valence-corrected chi connectivity index (χ4v) is 7.86. The lowest BCUT2D eigenvalue weighted by molar-refractivity contribution is -0.143. The highest BCUT2D eigenvalue weighted by atomic mass is 28.3. The third-order valence-corrected chi connectivity index (χ3v) is 11.5. The summed E-state index contributed by atoms with van der Waals surface area (Å²) in [6, 6.07) is 7.65. The van der Waals surface area contributed by atoms with E-state index in [4.69, 9.17) is 4.74 Å². The highest BCUT2D eigenvalue weighted by Gasteiger charge is 2.54. The summed E-state index contributed by atoms with van der Waals surface area (Å²) in [5, 5.41) is 13.1. The van der Waals surface area contributed by atoms with Crippen LogP contribution < -0.4 is 10.6 Å². The quantitative estimate of drug-likeness (QED) is 0.407. The molecule has 1 saturated carbocycles. The number of esters is 1. The number of rotatable bonds is 6. The second-order valence-electron chi connectivity index (χ2n) is 11.0. The number of hydrogen-bond donors (Lipinski definition) is 3. The number of carbonyl (C=O) groups is 3. The van der Waals surface area contributed by atoms with Gasteiger partial charge in [0.1, 0.15) is 0 Å². The molecule has 188 valence electrons. The zero-order chi connectivity index (χ0) is 25.6. The number of benzene rings is 1. The Morgan fingerprint density at radius 1 is 1.14 bits per heavy atom. The van der Waals surface area contributed by atoms with Crippen LogP contribution in [0.2, 0.25) is 24.7 Å². The molecule has 1 aromatic heterocycles. The molecule has 1 fully saturated rings. The van der Waals surface area contributed by atoms with E-state index < -0.39 is 31.7 Å². The Kier molecular flexibility index (Phi) is 6.29. The molecule has 3 amide bonds. The van der Waals surface area contributed by atoms with Crippen LogP contribution in [-0.4, -0.2) is 48.2 Å². The molecule has 2 aliphatic rings. The second kappa shape index (κ2) is 8.82. The summed E-state index contributed by atoms with van der Waals surface area (Å²) in [7, 11) is -0.443. The SMILES string of the molecule is COC(=O)[C@@H](NC(=O)N1Cc2c(NC(=O)C3([Si](C)(C)C)CCC3)n[nH]c2C1(C)C)c1ccccc1. The summed E-state index contributed by atoms with van der Waals surface area (Å²) in [5.41, 5.74) is 1.47. The van der Waals surface area contributed by atoms with Crippen molar-refractivity contribution < 1.29 is 19.1 Å². The van der Waals surface area contributed by atoms with Crippen LogP contribution in [0.4, 0.5) is 10.6 Å². The smallest absolute Gasteiger partial charge is 0.333 e. The zero-order valence-electron chi connectivity index (χ0n) is 21.3. The number of aromatic nitrogens is 2. The van der Waals surface area contributed by atoms with Crippen LogP contribution in [0.3, 0.4) is 0 Å². The van der Waals surface area contributed by atoms with E-state index in [9.17, 15) is 14.4 Å². The van der Waals surface area contributed by atoms with Gasteiger partial charge in [0.15, 0.2) is 11.9 Å². The minimum absolute atomic E-state index is 0.0350. The van der Waals surface area contributed by atoms with E-state index >= 15 is 0 Å². The number of ether oxygens (including phenoxy) is 1. The van der Waals surface area contributed by atoms with Gasteiger partial charge in [0.25, 0.3) is 0 Å². The summed E-state index contributed by atoms with van der Waals surface area (Å²) in [6.45, 7) is 10.8. The molecule has 4 rings (SSSR count). The molecule has 1 aromatic carbocycles. The van der Waals surface area contributed by atoms with E-state index in [2.05, 4.69) is 40.5 Å². The van der Waals surface area contributed by atoms with Crippen molar-refractivity contribution >= 4 is 31.8 Å². The first-order valence-electron chi connectivity index (χ1n) is 12.0. The standard InChI is InChI=1S/C25H35N5O4Si/c1-24(2)19-17(20(29-28-19)27-22(32)25(13-10-14-25)35(4,5)6)15-30(24)23(33)26-18(21(31)34-3)16-11-8-7-9-12-16/h7-9,11-12,18H,10,13-15H2,1-6H3,(H,26,33)(H2,27,28,29,32)/t18-/m0/s1. The molecular weight excluding hydrogens is 462 g/mol. The number of hydrogen-bond acceptors (Lipinski definition) is 5. The highest BCUT2D eigenvalue weighted by molar-refractivity contribution is 6.83. The summed E-state index contributed by atoms with van der Waals surface area (Å²) < 4.78 is 4.93. The van der Waals surface area contributed by atoms with Crippen molar-refractivity contribution in [1.82, 2.24) is 20.4 Å². The minimum atomic E-state index is -1.74. The number of amides is 3. The molecule has 1 aliphatic heterocycles. The van der Waals surface area contributed by atoms with Crippen molar-refractivity contribution in [3.8, 4) is 0 Å². The van der Waals surface area contributed by atoms with Crippen LogP contribution in [0.5, 0.6) is 0 Å². The van der Waals surface area contributed by atoms with Gasteiger partial charge in [-0.25, -0.2) is 9.59 Å². The molecule has 35 heavy (non-hydrogen) atoms. The van der Waals surface area contributed by atoms with E-state index in [0.29, 0.717) is 11.4 Å². The average Bonchev–Trinajstić information content (AvgIpc) is 3.28. The van der Waals surface area contributed by atoms with Gasteiger partial charge in [-0.2, -0.15) is 5.10 Å². The number of nitrogens with one attached hydrogen (secondary N) is 3. The van der Waals surface area contributed by atoms with E-state index in [-0.39, 0.29) is 17.5 Å². The third kappa shape index (κ3) is 4.13. The topological polar surface area (TPSA) is 116 Å². The Labute approximate surface area is 207 Å². The van der Waals surface area contributed by atoms with Crippen LogP contribution in [0, 0.1) is 0 Å². The maximum atomic E-state index is 13.4. The number of aromatic amines is 1. The Hall–Kier alpha value is -3.14. The van der Waals surface area contributed by atoms with Gasteiger partial charge in [-0.1, -0.05) is 56.4 Å². The maximum absolute atomic E-state index is 13.4. The summed E-state index contributed by atoms with van der Waals surface area (Å²) in [5.74, 6) is -0.0370. The van der Waals surface area contributed by atoms with Crippen LogP contribution in [-0.2, 0) is 26.4 Å². The predicted octanol–water partition coefficient (Wildman–Crippen LogP) is 4.29. The monoisotopic (exact) mass is 497 g/mol. The van der Waals surface area contributed by atoms with E-state index in [1.54, 1.807) is 29.2 Å². The Bertz CT molecular complexity index is 1130. The van der Waals surface area contributed by atoms with Gasteiger partial charge in [0, 0.05) is 10.6 Å². The molecule has 2 heterocycles. The van der Waals surface area contributed by atoms with Crippen LogP contribution in [0.1, 0.15) is 56.0 Å². The first kappa shape index (κ1) is 25.0. The van der Waals surface area contributed by atoms with Crippen molar-refractivity contribution in [2.45, 2.75) is 75.9 Å². The van der Waals surface area contributed by atoms with Gasteiger partial charge in [-0.3, -0.25) is 9.89 Å². The van der Waals surface area contributed by atoms with Gasteiger partial charge in [-0.15, -0.1) is 0 Å². The minimum Gasteiger partial charge on any atom is -0.467 e. The lowest BCUT2D eigenvalue weighted by Gasteiger charge is -2.48. The molecule has 10 heteroatoms. The maximum Gasteiger partial charge on any atom is 0.333 e. The predicted molar refractivity (Wildman–Crippen MR) is 135 cm³/mol. The molecule has 9 nitrogen and oxygen atoms in total. The van der Waals surface area contributed by atoms with Crippen LogP contribution in [0.15, 0.2) is 30.3 Å². The van der Waals surface area contributed by atoms with E-state index in [1.165, 1.54) is 7.11 Å². The molecule has 0 unspecified atom stereocenters. The Morgan fingerprint density at radius 3 is 2.34 bits per heavy atom. The van der Waals surface area contributed by atoms with E-state index in [1.807, 2.05) is 19.9 Å². The van der Waals surface area contributed by atoms with Crippen LogP contribution in [0.25, 0.3) is 0 Å². The average molecular weight is 498 g/mol. The molecule has 1 aliphatic carbocycles. The van der Waals surface area contributed by atoms with Crippen molar-refractivity contribution in [2.75, 3.05) is 12.4 Å². The molecule has 0 radical (unpaired) electrons. The number of fused-ring (bicyclic) bond motifs is 1. The Morgan fingerprint density at radius 2 is 1.80 bits per heavy atom. The fraction of sp³-hybridized carbons (Fsp3) is 0.520. The Balaban J connectivity index is 1.55. The number of urea groups is 1. The van der Waals surface area contributed by atoms with Crippen molar-refractivity contribution in [1.29, 1.82) is 0 Å². The molecule has 0 saturated heterocycles. The molecule has 0 spiro atoms. The molecule has 1 atom stereocenters. The van der Waals surface area contributed by atoms with Crippen molar-refractivity contribution in [3.63, 3.8) is 0 Å². The van der Waals surface area contributed by atoms with Crippen molar-refractivity contribution in [3.05, 3.63) is 47.2 Å². The molecule has 0 bridgehead atoms. The normalized spacial score (nSPS) is 18.7. The largest absolute Gasteiger partial charge is 0.467 e. The van der Waals surface area contributed by atoms with Gasteiger partial charge in [-0.05, 0) is 32.3 Å². The number of carbonyl (C=O) groups excluding carboxylic acids is 3. The van der Waals surface area contributed by atoms with E-state index in [0.717, 1.165) is 30.5 Å². The highest BCUT2D eigenvalue weighted by Crippen LogP contribution is 2.56. The van der Waals surface area contributed by atoms with Crippen LogP contribution >= 0.6 is 0 Å². The van der Waals surface area contributed by atoms with Gasteiger partial charge < -0.3 is 20.3 Å². The second-order valence-corrected chi connectivity index (χ2v) is 16.5. The first-order valence-corrected chi connectivity index (χ1v) is 15.5. The number of nitrogens with zero attached hydrogens (tertiary/aromatic N) is 2. The summed E-state index contributed by atoms with van der Waals surface area (Å²) >= 11 is 0. The number of methoxy groups -OCH3 is 1. The number of anilines is 1.